The zero-order valence-corrected chi connectivity index (χ0v) is 12.6. The van der Waals surface area contributed by atoms with E-state index in [0.717, 1.165) is 28.7 Å². The van der Waals surface area contributed by atoms with Gasteiger partial charge >= 0.3 is 0 Å². The maximum Gasteiger partial charge on any atom is 0.266 e. The third-order valence-corrected chi connectivity index (χ3v) is 4.05. The van der Waals surface area contributed by atoms with Gasteiger partial charge in [0, 0.05) is 11.9 Å². The summed E-state index contributed by atoms with van der Waals surface area (Å²) in [5, 5.41) is 1.11. The quantitative estimate of drug-likeness (QED) is 0.746. The molecule has 0 aliphatic carbocycles. The maximum absolute atomic E-state index is 12.5. The van der Waals surface area contributed by atoms with Gasteiger partial charge in [-0.2, -0.15) is 0 Å². The molecule has 0 bridgehead atoms. The number of ether oxygens (including phenoxy) is 1. The van der Waals surface area contributed by atoms with Crippen molar-refractivity contribution in [2.24, 2.45) is 0 Å². The van der Waals surface area contributed by atoms with E-state index in [9.17, 15) is 4.79 Å². The molecule has 1 aromatic heterocycles. The maximum atomic E-state index is 12.5. The van der Waals surface area contributed by atoms with Crippen molar-refractivity contribution in [3.8, 4) is 5.75 Å². The molecule has 4 nitrogen and oxygen atoms in total. The molecule has 1 aliphatic rings. The summed E-state index contributed by atoms with van der Waals surface area (Å²) in [7, 11) is 0. The molecule has 4 rings (SSSR count). The lowest BCUT2D eigenvalue weighted by Gasteiger charge is -2.17. The van der Waals surface area contributed by atoms with Gasteiger partial charge < -0.3 is 4.74 Å². The number of pyridine rings is 1. The molecule has 0 spiro atoms. The van der Waals surface area contributed by atoms with Crippen molar-refractivity contribution >= 4 is 22.6 Å². The normalized spacial score (nSPS) is 13.1. The molecular weight excluding hydrogens is 288 g/mol. The minimum absolute atomic E-state index is 0.0258. The zero-order chi connectivity index (χ0) is 15.6. The first-order chi connectivity index (χ1) is 11.3. The van der Waals surface area contributed by atoms with Crippen molar-refractivity contribution < 1.29 is 9.53 Å². The van der Waals surface area contributed by atoms with Gasteiger partial charge in [0.15, 0.2) is 6.61 Å². The Balaban J connectivity index is 1.55. The molecule has 0 saturated heterocycles. The fraction of sp³-hybridized carbons (Fsp3) is 0.158. The van der Waals surface area contributed by atoms with Gasteiger partial charge in [0.25, 0.3) is 5.91 Å². The largest absolute Gasteiger partial charge is 0.484 e. The number of rotatable bonds is 3. The van der Waals surface area contributed by atoms with Gasteiger partial charge in [-0.3, -0.25) is 9.69 Å². The van der Waals surface area contributed by atoms with Crippen LogP contribution in [0.4, 0.5) is 5.82 Å². The fourth-order valence-corrected chi connectivity index (χ4v) is 2.89. The summed E-state index contributed by atoms with van der Waals surface area (Å²) < 4.78 is 5.56. The standard InChI is InChI=1S/C19H16N2O2/c22-18(13-23-16-7-2-1-3-8-16)21-11-10-15-12-14-6-4-5-9-17(14)20-19(15)21/h1-9,12H,10-11,13H2. The van der Waals surface area contributed by atoms with E-state index < -0.39 is 0 Å². The molecule has 0 radical (unpaired) electrons. The minimum atomic E-state index is -0.0598. The summed E-state index contributed by atoms with van der Waals surface area (Å²) >= 11 is 0. The molecule has 0 saturated carbocycles. The van der Waals surface area contributed by atoms with E-state index in [0.29, 0.717) is 12.3 Å². The van der Waals surface area contributed by atoms with Gasteiger partial charge in [0.1, 0.15) is 11.6 Å². The number of anilines is 1. The van der Waals surface area contributed by atoms with E-state index in [1.807, 2.05) is 54.6 Å². The monoisotopic (exact) mass is 304 g/mol. The Morgan fingerprint density at radius 3 is 2.74 bits per heavy atom. The number of para-hydroxylation sites is 2. The molecule has 0 atom stereocenters. The number of fused-ring (bicyclic) bond motifs is 2. The highest BCUT2D eigenvalue weighted by Gasteiger charge is 2.26. The number of amides is 1. The number of carbonyl (C=O) groups is 1. The predicted octanol–water partition coefficient (Wildman–Crippen LogP) is 3.20. The van der Waals surface area contributed by atoms with Crippen molar-refractivity contribution in [1.82, 2.24) is 4.98 Å². The minimum Gasteiger partial charge on any atom is -0.484 e. The topological polar surface area (TPSA) is 42.4 Å². The van der Waals surface area contributed by atoms with Crippen molar-refractivity contribution in [2.75, 3.05) is 18.1 Å². The molecule has 0 N–H and O–H groups in total. The number of carbonyl (C=O) groups excluding carboxylic acids is 1. The Morgan fingerprint density at radius 1 is 1.09 bits per heavy atom. The van der Waals surface area contributed by atoms with Gasteiger partial charge in [-0.1, -0.05) is 36.4 Å². The second kappa shape index (κ2) is 5.72. The van der Waals surface area contributed by atoms with Crippen molar-refractivity contribution in [1.29, 1.82) is 0 Å². The average Bonchev–Trinajstić information content (AvgIpc) is 3.01. The highest BCUT2D eigenvalue weighted by atomic mass is 16.5. The number of hydrogen-bond donors (Lipinski definition) is 0. The lowest BCUT2D eigenvalue weighted by molar-refractivity contribution is -0.120. The molecule has 0 fully saturated rings. The second-order valence-electron chi connectivity index (χ2n) is 5.56. The van der Waals surface area contributed by atoms with Crippen molar-refractivity contribution in [3.05, 3.63) is 66.2 Å². The summed E-state index contributed by atoms with van der Waals surface area (Å²) in [5.74, 6) is 1.41. The first-order valence-electron chi connectivity index (χ1n) is 7.68. The third-order valence-electron chi connectivity index (χ3n) is 4.05. The molecule has 1 amide bonds. The SMILES string of the molecule is O=C(COc1ccccc1)N1CCc2cc3ccccc3nc21. The van der Waals surface area contributed by atoms with E-state index in [1.165, 1.54) is 0 Å². The highest BCUT2D eigenvalue weighted by molar-refractivity contribution is 5.97. The van der Waals surface area contributed by atoms with Gasteiger partial charge in [-0.15, -0.1) is 0 Å². The molecule has 4 heteroatoms. The lowest BCUT2D eigenvalue weighted by Crippen LogP contribution is -2.33. The lowest BCUT2D eigenvalue weighted by atomic mass is 10.1. The smallest absolute Gasteiger partial charge is 0.266 e. The number of aromatic nitrogens is 1. The molecule has 2 heterocycles. The Bertz CT molecular complexity index is 862. The summed E-state index contributed by atoms with van der Waals surface area (Å²) in [6.07, 6.45) is 0.838. The highest BCUT2D eigenvalue weighted by Crippen LogP contribution is 2.29. The number of hydrogen-bond acceptors (Lipinski definition) is 3. The van der Waals surface area contributed by atoms with Crippen LogP contribution >= 0.6 is 0 Å². The first kappa shape index (κ1) is 13.8. The van der Waals surface area contributed by atoms with Crippen LogP contribution in [-0.4, -0.2) is 24.0 Å². The summed E-state index contributed by atoms with van der Waals surface area (Å²) in [6, 6.07) is 19.5. The fourth-order valence-electron chi connectivity index (χ4n) is 2.89. The van der Waals surface area contributed by atoms with Crippen LogP contribution in [0.25, 0.3) is 10.9 Å². The van der Waals surface area contributed by atoms with Crippen LogP contribution in [0.3, 0.4) is 0 Å². The van der Waals surface area contributed by atoms with Crippen LogP contribution in [-0.2, 0) is 11.2 Å². The predicted molar refractivity (Wildman–Crippen MR) is 89.7 cm³/mol. The molecule has 3 aromatic rings. The molecule has 2 aromatic carbocycles. The molecular formula is C19H16N2O2. The van der Waals surface area contributed by atoms with Gasteiger partial charge in [-0.25, -0.2) is 4.98 Å². The Kier molecular flexibility index (Phi) is 3.42. The summed E-state index contributed by atoms with van der Waals surface area (Å²) in [6.45, 7) is 0.688. The van der Waals surface area contributed by atoms with E-state index in [4.69, 9.17) is 4.74 Å². The van der Waals surface area contributed by atoms with Crippen LogP contribution in [0, 0.1) is 0 Å². The molecule has 1 aliphatic heterocycles. The molecule has 23 heavy (non-hydrogen) atoms. The van der Waals surface area contributed by atoms with Gasteiger partial charge in [0.05, 0.1) is 5.52 Å². The Morgan fingerprint density at radius 2 is 1.87 bits per heavy atom. The van der Waals surface area contributed by atoms with Crippen LogP contribution in [0.1, 0.15) is 5.56 Å². The van der Waals surface area contributed by atoms with E-state index in [2.05, 4.69) is 11.1 Å². The molecule has 0 unspecified atom stereocenters. The average molecular weight is 304 g/mol. The van der Waals surface area contributed by atoms with Crippen LogP contribution in [0.15, 0.2) is 60.7 Å². The number of benzene rings is 2. The third kappa shape index (κ3) is 2.63. The van der Waals surface area contributed by atoms with E-state index in [-0.39, 0.29) is 12.5 Å². The van der Waals surface area contributed by atoms with E-state index >= 15 is 0 Å². The second-order valence-corrected chi connectivity index (χ2v) is 5.56. The van der Waals surface area contributed by atoms with E-state index in [1.54, 1.807) is 4.90 Å². The number of nitrogens with zero attached hydrogens (tertiary/aromatic N) is 2. The Hall–Kier alpha value is -2.88. The summed E-state index contributed by atoms with van der Waals surface area (Å²) in [5.41, 5.74) is 2.03. The van der Waals surface area contributed by atoms with Crippen LogP contribution in [0.5, 0.6) is 5.75 Å². The van der Waals surface area contributed by atoms with Gasteiger partial charge in [-0.05, 0) is 36.2 Å². The first-order valence-corrected chi connectivity index (χ1v) is 7.68. The van der Waals surface area contributed by atoms with Crippen molar-refractivity contribution in [3.63, 3.8) is 0 Å². The van der Waals surface area contributed by atoms with Crippen molar-refractivity contribution in [2.45, 2.75) is 6.42 Å². The van der Waals surface area contributed by atoms with Crippen LogP contribution in [0.2, 0.25) is 0 Å². The zero-order valence-electron chi connectivity index (χ0n) is 12.6. The summed E-state index contributed by atoms with van der Waals surface area (Å²) in [4.78, 5) is 18.9. The molecule has 114 valence electrons. The van der Waals surface area contributed by atoms with Gasteiger partial charge in [0.2, 0.25) is 0 Å². The Labute approximate surface area is 134 Å². The van der Waals surface area contributed by atoms with Crippen LogP contribution < -0.4 is 9.64 Å².